The fraction of sp³-hybridized carbons (Fsp3) is 0.292. The van der Waals surface area contributed by atoms with Crippen LogP contribution < -0.4 is 4.74 Å². The van der Waals surface area contributed by atoms with E-state index < -0.39 is 0 Å². The number of benzene rings is 2. The Balaban J connectivity index is 1.64. The molecule has 0 atom stereocenters. The summed E-state index contributed by atoms with van der Waals surface area (Å²) in [5, 5.41) is 0. The summed E-state index contributed by atoms with van der Waals surface area (Å²) in [5.74, 6) is 0.439. The zero-order valence-corrected chi connectivity index (χ0v) is 15.7. The molecule has 3 aromatic rings. The molecule has 138 valence electrons. The van der Waals surface area contributed by atoms with Crippen LogP contribution in [0.3, 0.4) is 0 Å². The molecule has 0 amide bonds. The largest absolute Gasteiger partial charge is 0.487 e. The molecular formula is C24H24FNO. The van der Waals surface area contributed by atoms with E-state index in [0.29, 0.717) is 12.4 Å². The van der Waals surface area contributed by atoms with Gasteiger partial charge in [-0.05, 0) is 85.2 Å². The number of ether oxygens (including phenoxy) is 1. The third-order valence-electron chi connectivity index (χ3n) is 5.20. The Morgan fingerprint density at radius 3 is 2.63 bits per heavy atom. The maximum absolute atomic E-state index is 14.0. The molecule has 1 aliphatic rings. The SMILES string of the molecule is Cc1ccnc(COc2ccc(F)cc2-c2ccc3c(c2)CCCCC3)c1. The molecule has 3 heteroatoms. The first-order valence-corrected chi connectivity index (χ1v) is 9.65. The van der Waals surface area contributed by atoms with E-state index in [9.17, 15) is 4.39 Å². The second-order valence-corrected chi connectivity index (χ2v) is 7.30. The van der Waals surface area contributed by atoms with E-state index in [1.54, 1.807) is 18.3 Å². The van der Waals surface area contributed by atoms with Crippen LogP contribution in [0.5, 0.6) is 5.75 Å². The zero-order valence-electron chi connectivity index (χ0n) is 15.7. The Kier molecular flexibility index (Phi) is 5.19. The van der Waals surface area contributed by atoms with Crippen molar-refractivity contribution in [3.63, 3.8) is 0 Å². The van der Waals surface area contributed by atoms with Crippen LogP contribution in [0.2, 0.25) is 0 Å². The molecule has 1 aliphatic carbocycles. The van der Waals surface area contributed by atoms with E-state index in [-0.39, 0.29) is 5.82 Å². The van der Waals surface area contributed by atoms with E-state index in [2.05, 4.69) is 23.2 Å². The van der Waals surface area contributed by atoms with Crippen LogP contribution in [0.15, 0.2) is 54.7 Å². The molecular weight excluding hydrogens is 337 g/mol. The Morgan fingerprint density at radius 1 is 0.926 bits per heavy atom. The Morgan fingerprint density at radius 2 is 1.78 bits per heavy atom. The minimum Gasteiger partial charge on any atom is -0.487 e. The van der Waals surface area contributed by atoms with Crippen molar-refractivity contribution in [1.82, 2.24) is 4.98 Å². The number of aryl methyl sites for hydroxylation is 3. The van der Waals surface area contributed by atoms with Crippen LogP contribution in [0, 0.1) is 12.7 Å². The molecule has 2 nitrogen and oxygen atoms in total. The van der Waals surface area contributed by atoms with Gasteiger partial charge in [-0.1, -0.05) is 24.6 Å². The van der Waals surface area contributed by atoms with Gasteiger partial charge in [-0.3, -0.25) is 4.98 Å². The van der Waals surface area contributed by atoms with Crippen LogP contribution in [0.4, 0.5) is 4.39 Å². The van der Waals surface area contributed by atoms with Gasteiger partial charge < -0.3 is 4.74 Å². The fourth-order valence-electron chi connectivity index (χ4n) is 3.76. The molecule has 1 aromatic heterocycles. The third kappa shape index (κ3) is 4.19. The van der Waals surface area contributed by atoms with Gasteiger partial charge in [-0.15, -0.1) is 0 Å². The van der Waals surface area contributed by atoms with E-state index in [1.807, 2.05) is 19.1 Å². The van der Waals surface area contributed by atoms with Crippen molar-refractivity contribution in [2.24, 2.45) is 0 Å². The highest BCUT2D eigenvalue weighted by molar-refractivity contribution is 5.71. The minimum absolute atomic E-state index is 0.249. The van der Waals surface area contributed by atoms with E-state index in [1.165, 1.54) is 36.5 Å². The molecule has 0 saturated carbocycles. The lowest BCUT2D eigenvalue weighted by Crippen LogP contribution is -2.00. The van der Waals surface area contributed by atoms with Gasteiger partial charge in [-0.25, -0.2) is 4.39 Å². The Labute approximate surface area is 160 Å². The first-order valence-electron chi connectivity index (χ1n) is 9.65. The predicted octanol–water partition coefficient (Wildman–Crippen LogP) is 6.04. The number of pyridine rings is 1. The molecule has 1 heterocycles. The normalized spacial score (nSPS) is 13.7. The van der Waals surface area contributed by atoms with E-state index in [4.69, 9.17) is 4.74 Å². The Bertz CT molecular complexity index is 951. The van der Waals surface area contributed by atoms with E-state index in [0.717, 1.165) is 35.2 Å². The quantitative estimate of drug-likeness (QED) is 0.528. The minimum atomic E-state index is -0.249. The number of halogens is 1. The van der Waals surface area contributed by atoms with Crippen LogP contribution in [0.25, 0.3) is 11.1 Å². The standard InChI is InChI=1S/C24H24FNO/c1-17-11-12-26-22(13-17)16-27-24-10-9-21(25)15-23(24)20-8-7-18-5-3-2-4-6-19(18)14-20/h7-15H,2-6,16H2,1H3. The number of aromatic nitrogens is 1. The van der Waals surface area contributed by atoms with Crippen molar-refractivity contribution in [1.29, 1.82) is 0 Å². The first-order chi connectivity index (χ1) is 13.2. The summed E-state index contributed by atoms with van der Waals surface area (Å²) in [6.07, 6.45) is 7.78. The van der Waals surface area contributed by atoms with Gasteiger partial charge >= 0.3 is 0 Å². The second-order valence-electron chi connectivity index (χ2n) is 7.30. The summed E-state index contributed by atoms with van der Waals surface area (Å²) in [4.78, 5) is 4.34. The summed E-state index contributed by atoms with van der Waals surface area (Å²) in [7, 11) is 0. The van der Waals surface area contributed by atoms with E-state index >= 15 is 0 Å². The molecule has 2 aromatic carbocycles. The molecule has 0 N–H and O–H groups in total. The summed E-state index contributed by atoms with van der Waals surface area (Å²) in [6.45, 7) is 2.40. The molecule has 0 radical (unpaired) electrons. The molecule has 0 unspecified atom stereocenters. The number of nitrogens with zero attached hydrogens (tertiary/aromatic N) is 1. The lowest BCUT2D eigenvalue weighted by atomic mass is 9.96. The third-order valence-corrected chi connectivity index (χ3v) is 5.20. The molecule has 0 bridgehead atoms. The predicted molar refractivity (Wildman–Crippen MR) is 106 cm³/mol. The number of hydrogen-bond acceptors (Lipinski definition) is 2. The molecule has 0 saturated heterocycles. The van der Waals surface area contributed by atoms with Gasteiger partial charge in [0.05, 0.1) is 5.69 Å². The maximum Gasteiger partial charge on any atom is 0.130 e. The number of hydrogen-bond donors (Lipinski definition) is 0. The molecule has 0 spiro atoms. The van der Waals surface area contributed by atoms with Crippen LogP contribution in [-0.4, -0.2) is 4.98 Å². The Hall–Kier alpha value is -2.68. The van der Waals surface area contributed by atoms with Gasteiger partial charge in [0.1, 0.15) is 18.2 Å². The average Bonchev–Trinajstić information content (AvgIpc) is 2.92. The van der Waals surface area contributed by atoms with Gasteiger partial charge in [0.15, 0.2) is 0 Å². The van der Waals surface area contributed by atoms with Crippen molar-refractivity contribution < 1.29 is 9.13 Å². The highest BCUT2D eigenvalue weighted by Gasteiger charge is 2.13. The second kappa shape index (κ2) is 7.91. The summed E-state index contributed by atoms with van der Waals surface area (Å²) in [6, 6.07) is 15.2. The lowest BCUT2D eigenvalue weighted by molar-refractivity contribution is 0.302. The van der Waals surface area contributed by atoms with Gasteiger partial charge in [-0.2, -0.15) is 0 Å². The molecule has 0 aliphatic heterocycles. The number of fused-ring (bicyclic) bond motifs is 1. The summed E-state index contributed by atoms with van der Waals surface area (Å²) >= 11 is 0. The zero-order chi connectivity index (χ0) is 18.6. The molecule has 0 fully saturated rings. The van der Waals surface area contributed by atoms with Crippen molar-refractivity contribution in [3.8, 4) is 16.9 Å². The monoisotopic (exact) mass is 361 g/mol. The first kappa shape index (κ1) is 17.7. The lowest BCUT2D eigenvalue weighted by Gasteiger charge is -2.14. The highest BCUT2D eigenvalue weighted by atomic mass is 19.1. The van der Waals surface area contributed by atoms with Crippen LogP contribution in [0.1, 0.15) is 41.6 Å². The summed E-state index contributed by atoms with van der Waals surface area (Å²) in [5.41, 5.74) is 6.65. The topological polar surface area (TPSA) is 22.1 Å². The molecule has 4 rings (SSSR count). The highest BCUT2D eigenvalue weighted by Crippen LogP contribution is 2.34. The maximum atomic E-state index is 14.0. The fourth-order valence-corrected chi connectivity index (χ4v) is 3.76. The van der Waals surface area contributed by atoms with Gasteiger partial charge in [0.2, 0.25) is 0 Å². The van der Waals surface area contributed by atoms with Crippen molar-refractivity contribution in [3.05, 3.63) is 82.9 Å². The van der Waals surface area contributed by atoms with Crippen LogP contribution >= 0.6 is 0 Å². The van der Waals surface area contributed by atoms with Gasteiger partial charge in [0.25, 0.3) is 0 Å². The van der Waals surface area contributed by atoms with Crippen molar-refractivity contribution in [2.75, 3.05) is 0 Å². The smallest absolute Gasteiger partial charge is 0.130 e. The average molecular weight is 361 g/mol. The molecule has 27 heavy (non-hydrogen) atoms. The summed E-state index contributed by atoms with van der Waals surface area (Å²) < 4.78 is 20.0. The van der Waals surface area contributed by atoms with Crippen molar-refractivity contribution in [2.45, 2.75) is 45.6 Å². The number of rotatable bonds is 4. The van der Waals surface area contributed by atoms with Crippen molar-refractivity contribution >= 4 is 0 Å². The van der Waals surface area contributed by atoms with Crippen LogP contribution in [-0.2, 0) is 19.4 Å². The van der Waals surface area contributed by atoms with Gasteiger partial charge in [0, 0.05) is 11.8 Å².